The fourth-order valence-electron chi connectivity index (χ4n) is 1.44. The third-order valence-corrected chi connectivity index (χ3v) is 2.35. The molecule has 1 heterocycles. The molecule has 4 nitrogen and oxygen atoms in total. The standard InChI is InChI=1S/C9H15F2NO3/c1-5-2-6(4-15-5)9(14)12-3-7(13)8(10)11/h5-8,13H,2-4H2,1H3,(H,12,14). The highest BCUT2D eigenvalue weighted by molar-refractivity contribution is 5.79. The first-order valence-electron chi connectivity index (χ1n) is 4.86. The van der Waals surface area contributed by atoms with Gasteiger partial charge in [0, 0.05) is 6.54 Å². The molecule has 0 spiro atoms. The van der Waals surface area contributed by atoms with E-state index < -0.39 is 19.1 Å². The van der Waals surface area contributed by atoms with Crippen LogP contribution in [0.15, 0.2) is 0 Å². The lowest BCUT2D eigenvalue weighted by Gasteiger charge is -2.12. The van der Waals surface area contributed by atoms with Crippen molar-refractivity contribution in [2.45, 2.75) is 32.0 Å². The first kappa shape index (κ1) is 12.3. The third kappa shape index (κ3) is 3.71. The minimum absolute atomic E-state index is 0.0285. The van der Waals surface area contributed by atoms with Crippen LogP contribution in [0.25, 0.3) is 0 Å². The molecule has 1 aliphatic heterocycles. The molecular weight excluding hydrogens is 208 g/mol. The van der Waals surface area contributed by atoms with Gasteiger partial charge in [-0.2, -0.15) is 0 Å². The number of rotatable bonds is 4. The molecule has 15 heavy (non-hydrogen) atoms. The van der Waals surface area contributed by atoms with E-state index in [1.54, 1.807) is 0 Å². The van der Waals surface area contributed by atoms with E-state index in [2.05, 4.69) is 5.32 Å². The number of aliphatic hydroxyl groups is 1. The van der Waals surface area contributed by atoms with Crippen molar-refractivity contribution >= 4 is 5.91 Å². The largest absolute Gasteiger partial charge is 0.385 e. The maximum absolute atomic E-state index is 11.9. The number of carbonyl (C=O) groups is 1. The van der Waals surface area contributed by atoms with E-state index in [9.17, 15) is 13.6 Å². The van der Waals surface area contributed by atoms with Crippen LogP contribution in [0.4, 0.5) is 8.78 Å². The Kier molecular flexibility index (Phi) is 4.41. The number of nitrogens with one attached hydrogen (secondary N) is 1. The Morgan fingerprint density at radius 1 is 1.67 bits per heavy atom. The lowest BCUT2D eigenvalue weighted by atomic mass is 10.1. The highest BCUT2D eigenvalue weighted by Gasteiger charge is 2.28. The van der Waals surface area contributed by atoms with E-state index in [-0.39, 0.29) is 17.9 Å². The fourth-order valence-corrected chi connectivity index (χ4v) is 1.44. The predicted molar refractivity (Wildman–Crippen MR) is 48.5 cm³/mol. The Hall–Kier alpha value is -0.750. The molecule has 0 aromatic heterocycles. The van der Waals surface area contributed by atoms with Gasteiger partial charge in [-0.1, -0.05) is 0 Å². The molecule has 0 aromatic rings. The lowest BCUT2D eigenvalue weighted by Crippen LogP contribution is -2.39. The summed E-state index contributed by atoms with van der Waals surface area (Å²) in [5.41, 5.74) is 0. The molecule has 1 aliphatic rings. The van der Waals surface area contributed by atoms with Gasteiger partial charge in [0.15, 0.2) is 0 Å². The van der Waals surface area contributed by atoms with Gasteiger partial charge >= 0.3 is 0 Å². The van der Waals surface area contributed by atoms with Crippen molar-refractivity contribution in [1.82, 2.24) is 5.32 Å². The average molecular weight is 223 g/mol. The number of carbonyl (C=O) groups excluding carboxylic acids is 1. The van der Waals surface area contributed by atoms with Gasteiger partial charge in [-0.05, 0) is 13.3 Å². The summed E-state index contributed by atoms with van der Waals surface area (Å²) in [5, 5.41) is 11.1. The third-order valence-electron chi connectivity index (χ3n) is 2.35. The summed E-state index contributed by atoms with van der Waals surface area (Å²) in [6.07, 6.45) is -4.00. The smallest absolute Gasteiger partial charge is 0.265 e. The number of ether oxygens (including phenoxy) is 1. The maximum Gasteiger partial charge on any atom is 0.265 e. The van der Waals surface area contributed by atoms with Crippen molar-refractivity contribution in [1.29, 1.82) is 0 Å². The van der Waals surface area contributed by atoms with Gasteiger partial charge in [-0.25, -0.2) is 8.78 Å². The van der Waals surface area contributed by atoms with E-state index in [4.69, 9.17) is 9.84 Å². The van der Waals surface area contributed by atoms with Crippen LogP contribution in [0, 0.1) is 5.92 Å². The molecule has 3 unspecified atom stereocenters. The molecule has 1 rings (SSSR count). The number of amides is 1. The van der Waals surface area contributed by atoms with E-state index in [1.807, 2.05) is 6.92 Å². The molecular formula is C9H15F2NO3. The SMILES string of the molecule is CC1CC(C(=O)NCC(O)C(F)F)CO1. The molecule has 3 atom stereocenters. The summed E-state index contributed by atoms with van der Waals surface area (Å²) in [6.45, 7) is 1.75. The van der Waals surface area contributed by atoms with Crippen LogP contribution in [-0.2, 0) is 9.53 Å². The number of aliphatic hydroxyl groups excluding tert-OH is 1. The molecule has 0 aromatic carbocycles. The minimum Gasteiger partial charge on any atom is -0.385 e. The first-order valence-corrected chi connectivity index (χ1v) is 4.86. The number of hydrogen-bond acceptors (Lipinski definition) is 3. The van der Waals surface area contributed by atoms with Crippen LogP contribution in [0.2, 0.25) is 0 Å². The zero-order valence-electron chi connectivity index (χ0n) is 8.45. The summed E-state index contributed by atoms with van der Waals surface area (Å²) in [6, 6.07) is 0. The Morgan fingerprint density at radius 3 is 2.80 bits per heavy atom. The number of alkyl halides is 2. The Morgan fingerprint density at radius 2 is 2.33 bits per heavy atom. The summed E-state index contributed by atoms with van der Waals surface area (Å²) in [5.74, 6) is -0.621. The lowest BCUT2D eigenvalue weighted by molar-refractivity contribution is -0.126. The zero-order valence-corrected chi connectivity index (χ0v) is 8.45. The topological polar surface area (TPSA) is 58.6 Å². The molecule has 0 saturated carbocycles. The van der Waals surface area contributed by atoms with Gasteiger partial charge < -0.3 is 15.2 Å². The minimum atomic E-state index is -2.83. The zero-order chi connectivity index (χ0) is 11.4. The van der Waals surface area contributed by atoms with Gasteiger partial charge in [0.05, 0.1) is 18.6 Å². The van der Waals surface area contributed by atoms with Crippen LogP contribution < -0.4 is 5.32 Å². The summed E-state index contributed by atoms with van der Waals surface area (Å²) in [7, 11) is 0. The Balaban J connectivity index is 2.24. The number of halogens is 2. The molecule has 1 amide bonds. The Labute approximate surface area is 86.6 Å². The highest BCUT2D eigenvalue weighted by Crippen LogP contribution is 2.18. The van der Waals surface area contributed by atoms with E-state index in [0.717, 1.165) is 0 Å². The molecule has 88 valence electrons. The molecule has 0 bridgehead atoms. The van der Waals surface area contributed by atoms with Gasteiger partial charge in [0.2, 0.25) is 5.91 Å². The average Bonchev–Trinajstić information content (AvgIpc) is 2.60. The van der Waals surface area contributed by atoms with E-state index in [0.29, 0.717) is 13.0 Å². The van der Waals surface area contributed by atoms with Crippen molar-refractivity contribution in [3.8, 4) is 0 Å². The number of hydrogen-bond donors (Lipinski definition) is 2. The molecule has 1 fully saturated rings. The van der Waals surface area contributed by atoms with Crippen molar-refractivity contribution in [2.24, 2.45) is 5.92 Å². The predicted octanol–water partition coefficient (Wildman–Crippen LogP) is 0.154. The second kappa shape index (κ2) is 5.37. The Bertz CT molecular complexity index is 225. The van der Waals surface area contributed by atoms with Gasteiger partial charge in [-0.3, -0.25) is 4.79 Å². The second-order valence-corrected chi connectivity index (χ2v) is 3.72. The monoisotopic (exact) mass is 223 g/mol. The van der Waals surface area contributed by atoms with Crippen LogP contribution in [0.5, 0.6) is 0 Å². The van der Waals surface area contributed by atoms with Crippen molar-refractivity contribution in [2.75, 3.05) is 13.2 Å². The molecule has 1 saturated heterocycles. The molecule has 2 N–H and O–H groups in total. The molecule has 6 heteroatoms. The van der Waals surface area contributed by atoms with Gasteiger partial charge in [0.1, 0.15) is 6.10 Å². The molecule has 0 aliphatic carbocycles. The summed E-state index contributed by atoms with van der Waals surface area (Å²) < 4.78 is 29.0. The van der Waals surface area contributed by atoms with Gasteiger partial charge in [0.25, 0.3) is 6.43 Å². The highest BCUT2D eigenvalue weighted by atomic mass is 19.3. The first-order chi connectivity index (χ1) is 7.00. The van der Waals surface area contributed by atoms with Crippen molar-refractivity contribution < 1.29 is 23.4 Å². The van der Waals surface area contributed by atoms with Gasteiger partial charge in [-0.15, -0.1) is 0 Å². The second-order valence-electron chi connectivity index (χ2n) is 3.72. The van der Waals surface area contributed by atoms with E-state index in [1.165, 1.54) is 0 Å². The summed E-state index contributed by atoms with van der Waals surface area (Å²) >= 11 is 0. The van der Waals surface area contributed by atoms with E-state index >= 15 is 0 Å². The molecule has 0 radical (unpaired) electrons. The summed E-state index contributed by atoms with van der Waals surface area (Å²) in [4.78, 5) is 11.4. The van der Waals surface area contributed by atoms with Crippen LogP contribution >= 0.6 is 0 Å². The fraction of sp³-hybridized carbons (Fsp3) is 0.889. The van der Waals surface area contributed by atoms with Crippen molar-refractivity contribution in [3.05, 3.63) is 0 Å². The van der Waals surface area contributed by atoms with Crippen LogP contribution in [0.1, 0.15) is 13.3 Å². The maximum atomic E-state index is 11.9. The van der Waals surface area contributed by atoms with Crippen LogP contribution in [-0.4, -0.2) is 42.8 Å². The normalized spacial score (nSPS) is 28.1. The quantitative estimate of drug-likeness (QED) is 0.713. The van der Waals surface area contributed by atoms with Crippen molar-refractivity contribution in [3.63, 3.8) is 0 Å². The van der Waals surface area contributed by atoms with Crippen LogP contribution in [0.3, 0.4) is 0 Å².